The van der Waals surface area contributed by atoms with Gasteiger partial charge in [0.2, 0.25) is 0 Å². The Labute approximate surface area is 117 Å². The number of carbonyl (C=O) groups is 1. The summed E-state index contributed by atoms with van der Waals surface area (Å²) >= 11 is 4.83. The number of hydrogen-bond acceptors (Lipinski definition) is 4. The molecule has 0 atom stereocenters. The van der Waals surface area contributed by atoms with Crippen LogP contribution in [-0.2, 0) is 5.75 Å². The van der Waals surface area contributed by atoms with Crippen molar-refractivity contribution < 1.29 is 9.90 Å². The zero-order chi connectivity index (χ0) is 13.0. The van der Waals surface area contributed by atoms with Crippen LogP contribution in [0.2, 0.25) is 0 Å². The van der Waals surface area contributed by atoms with Crippen LogP contribution in [0.25, 0.3) is 0 Å². The molecule has 0 spiro atoms. The molecule has 92 valence electrons. The van der Waals surface area contributed by atoms with Gasteiger partial charge in [0.25, 0.3) is 0 Å². The quantitative estimate of drug-likeness (QED) is 0.875. The molecule has 0 amide bonds. The summed E-state index contributed by atoms with van der Waals surface area (Å²) in [6.45, 7) is 0. The van der Waals surface area contributed by atoms with Gasteiger partial charge >= 0.3 is 5.97 Å². The van der Waals surface area contributed by atoms with Gasteiger partial charge in [0, 0.05) is 28.8 Å². The molecule has 6 heteroatoms. The third-order valence-corrected chi connectivity index (χ3v) is 3.56. The highest BCUT2D eigenvalue weighted by Gasteiger charge is 2.05. The van der Waals surface area contributed by atoms with E-state index in [0.29, 0.717) is 10.8 Å². The van der Waals surface area contributed by atoms with Gasteiger partial charge in [-0.25, -0.2) is 9.78 Å². The number of thioether (sulfide) groups is 1. The predicted molar refractivity (Wildman–Crippen MR) is 72.7 cm³/mol. The molecule has 4 nitrogen and oxygen atoms in total. The van der Waals surface area contributed by atoms with Gasteiger partial charge in [0.1, 0.15) is 0 Å². The summed E-state index contributed by atoms with van der Waals surface area (Å²) in [4.78, 5) is 19.0. The van der Waals surface area contributed by atoms with E-state index in [2.05, 4.69) is 25.9 Å². The van der Waals surface area contributed by atoms with Gasteiger partial charge in [0.15, 0.2) is 0 Å². The van der Waals surface area contributed by atoms with E-state index in [1.807, 2.05) is 6.07 Å². The average molecular weight is 325 g/mol. The van der Waals surface area contributed by atoms with Crippen LogP contribution in [0.3, 0.4) is 0 Å². The monoisotopic (exact) mass is 324 g/mol. The molecule has 2 heterocycles. The molecule has 0 fully saturated rings. The molecule has 1 N–H and O–H groups in total. The Kier molecular flexibility index (Phi) is 4.33. The first-order valence-corrected chi connectivity index (χ1v) is 6.84. The molecule has 0 radical (unpaired) electrons. The molecular weight excluding hydrogens is 316 g/mol. The van der Waals surface area contributed by atoms with E-state index in [0.717, 1.165) is 10.0 Å². The second kappa shape index (κ2) is 5.97. The first kappa shape index (κ1) is 13.0. The number of pyridine rings is 2. The standard InChI is InChI=1S/C12H9BrN2O2S/c13-10-3-8(5-14-6-10)7-18-11-4-9(12(16)17)1-2-15-11/h1-6H,7H2,(H,16,17). The fourth-order valence-electron chi connectivity index (χ4n) is 1.31. The van der Waals surface area contributed by atoms with Crippen LogP contribution in [0.1, 0.15) is 15.9 Å². The third kappa shape index (κ3) is 3.54. The van der Waals surface area contributed by atoms with Crippen molar-refractivity contribution in [1.82, 2.24) is 9.97 Å². The van der Waals surface area contributed by atoms with Gasteiger partial charge in [-0.15, -0.1) is 11.8 Å². The van der Waals surface area contributed by atoms with Crippen LogP contribution in [0.5, 0.6) is 0 Å². The minimum absolute atomic E-state index is 0.250. The molecule has 0 aliphatic carbocycles. The predicted octanol–water partition coefficient (Wildman–Crippen LogP) is 3.23. The zero-order valence-corrected chi connectivity index (χ0v) is 11.6. The summed E-state index contributed by atoms with van der Waals surface area (Å²) < 4.78 is 0.924. The summed E-state index contributed by atoms with van der Waals surface area (Å²) in [6.07, 6.45) is 5.00. The Morgan fingerprint density at radius 3 is 2.94 bits per heavy atom. The number of halogens is 1. The topological polar surface area (TPSA) is 63.1 Å². The van der Waals surface area contributed by atoms with Crippen molar-refractivity contribution in [2.24, 2.45) is 0 Å². The molecule has 0 unspecified atom stereocenters. The number of aromatic carboxylic acids is 1. The van der Waals surface area contributed by atoms with E-state index in [9.17, 15) is 4.79 Å². The lowest BCUT2D eigenvalue weighted by Gasteiger charge is -2.02. The Morgan fingerprint density at radius 2 is 2.22 bits per heavy atom. The van der Waals surface area contributed by atoms with Crippen LogP contribution in [0.4, 0.5) is 0 Å². The van der Waals surface area contributed by atoms with E-state index in [1.165, 1.54) is 24.0 Å². The summed E-state index contributed by atoms with van der Waals surface area (Å²) in [5, 5.41) is 9.57. The number of rotatable bonds is 4. The Morgan fingerprint density at radius 1 is 1.39 bits per heavy atom. The minimum atomic E-state index is -0.941. The van der Waals surface area contributed by atoms with Gasteiger partial charge in [-0.1, -0.05) is 0 Å². The molecule has 0 aliphatic heterocycles. The second-order valence-electron chi connectivity index (χ2n) is 3.49. The van der Waals surface area contributed by atoms with Gasteiger partial charge in [-0.05, 0) is 39.7 Å². The van der Waals surface area contributed by atoms with Gasteiger partial charge in [-0.2, -0.15) is 0 Å². The van der Waals surface area contributed by atoms with Crippen LogP contribution >= 0.6 is 27.7 Å². The van der Waals surface area contributed by atoms with E-state index in [-0.39, 0.29) is 5.56 Å². The summed E-state index contributed by atoms with van der Waals surface area (Å²) in [7, 11) is 0. The molecule has 0 aliphatic rings. The van der Waals surface area contributed by atoms with Crippen LogP contribution in [0, 0.1) is 0 Å². The van der Waals surface area contributed by atoms with E-state index in [1.54, 1.807) is 18.5 Å². The highest BCUT2D eigenvalue weighted by molar-refractivity contribution is 9.10. The van der Waals surface area contributed by atoms with Crippen molar-refractivity contribution >= 4 is 33.7 Å². The van der Waals surface area contributed by atoms with Gasteiger partial charge in [-0.3, -0.25) is 4.98 Å². The summed E-state index contributed by atoms with van der Waals surface area (Å²) in [6, 6.07) is 5.02. The number of carboxylic acid groups (broad SMARTS) is 1. The van der Waals surface area contributed by atoms with Crippen molar-refractivity contribution in [2.45, 2.75) is 10.8 Å². The highest BCUT2D eigenvalue weighted by atomic mass is 79.9. The Balaban J connectivity index is 2.06. The normalized spacial score (nSPS) is 10.3. The lowest BCUT2D eigenvalue weighted by molar-refractivity contribution is 0.0696. The van der Waals surface area contributed by atoms with Crippen LogP contribution in [0.15, 0.2) is 46.3 Å². The molecule has 18 heavy (non-hydrogen) atoms. The SMILES string of the molecule is O=C(O)c1ccnc(SCc2cncc(Br)c2)c1. The average Bonchev–Trinajstić information content (AvgIpc) is 2.37. The fourth-order valence-corrected chi connectivity index (χ4v) is 2.54. The van der Waals surface area contributed by atoms with Crippen molar-refractivity contribution in [3.05, 3.63) is 52.4 Å². The van der Waals surface area contributed by atoms with Gasteiger partial charge in [0.05, 0.1) is 10.6 Å². The van der Waals surface area contributed by atoms with Gasteiger partial charge < -0.3 is 5.11 Å². The minimum Gasteiger partial charge on any atom is -0.478 e. The molecule has 2 aromatic heterocycles. The van der Waals surface area contributed by atoms with Crippen LogP contribution in [-0.4, -0.2) is 21.0 Å². The Hall–Kier alpha value is -1.40. The summed E-state index contributed by atoms with van der Waals surface area (Å²) in [5.41, 5.74) is 1.30. The second-order valence-corrected chi connectivity index (χ2v) is 5.40. The third-order valence-electron chi connectivity index (χ3n) is 2.13. The van der Waals surface area contributed by atoms with E-state index >= 15 is 0 Å². The largest absolute Gasteiger partial charge is 0.478 e. The van der Waals surface area contributed by atoms with Crippen molar-refractivity contribution in [2.75, 3.05) is 0 Å². The lowest BCUT2D eigenvalue weighted by Crippen LogP contribution is -1.96. The van der Waals surface area contributed by atoms with Crippen molar-refractivity contribution in [3.8, 4) is 0 Å². The first-order chi connectivity index (χ1) is 8.65. The van der Waals surface area contributed by atoms with E-state index in [4.69, 9.17) is 5.11 Å². The maximum absolute atomic E-state index is 10.8. The molecule has 0 saturated carbocycles. The Bertz CT molecular complexity index is 578. The number of carboxylic acids is 1. The maximum Gasteiger partial charge on any atom is 0.335 e. The molecule has 2 aromatic rings. The van der Waals surface area contributed by atoms with Crippen molar-refractivity contribution in [1.29, 1.82) is 0 Å². The first-order valence-electron chi connectivity index (χ1n) is 5.07. The smallest absolute Gasteiger partial charge is 0.335 e. The fraction of sp³-hybridized carbons (Fsp3) is 0.0833. The molecule has 0 bridgehead atoms. The molecule has 2 rings (SSSR count). The highest BCUT2D eigenvalue weighted by Crippen LogP contribution is 2.22. The van der Waals surface area contributed by atoms with Crippen molar-refractivity contribution in [3.63, 3.8) is 0 Å². The molecule has 0 saturated heterocycles. The summed E-state index contributed by atoms with van der Waals surface area (Å²) in [5.74, 6) is -0.244. The molecular formula is C12H9BrN2O2S. The zero-order valence-electron chi connectivity index (χ0n) is 9.21. The number of aromatic nitrogens is 2. The number of hydrogen-bond donors (Lipinski definition) is 1. The lowest BCUT2D eigenvalue weighted by atomic mass is 10.3. The number of nitrogens with zero attached hydrogens (tertiary/aromatic N) is 2. The van der Waals surface area contributed by atoms with Crippen LogP contribution < -0.4 is 0 Å². The maximum atomic E-state index is 10.8. The van der Waals surface area contributed by atoms with E-state index < -0.39 is 5.97 Å². The molecule has 0 aromatic carbocycles.